The second-order valence-corrected chi connectivity index (χ2v) is 5.63. The lowest BCUT2D eigenvalue weighted by molar-refractivity contribution is 0.0722. The summed E-state index contributed by atoms with van der Waals surface area (Å²) >= 11 is 0. The van der Waals surface area contributed by atoms with Crippen LogP contribution in [0, 0.1) is 17.8 Å². The van der Waals surface area contributed by atoms with Crippen molar-refractivity contribution in [1.82, 2.24) is 10.2 Å². The van der Waals surface area contributed by atoms with E-state index in [2.05, 4.69) is 17.1 Å². The number of hydrogen-bond donors (Lipinski definition) is 1. The zero-order chi connectivity index (χ0) is 9.54. The Morgan fingerprint density at radius 3 is 2.50 bits per heavy atom. The van der Waals surface area contributed by atoms with Gasteiger partial charge >= 0.3 is 0 Å². The molecule has 1 aliphatic carbocycles. The van der Waals surface area contributed by atoms with Gasteiger partial charge in [-0.3, -0.25) is 0 Å². The van der Waals surface area contributed by atoms with Gasteiger partial charge in [0.1, 0.15) is 0 Å². The summed E-state index contributed by atoms with van der Waals surface area (Å²) in [5.74, 6) is 3.00. The van der Waals surface area contributed by atoms with E-state index in [1.165, 1.54) is 45.4 Å². The molecule has 2 nitrogen and oxygen atoms in total. The Morgan fingerprint density at radius 2 is 2.00 bits per heavy atom. The van der Waals surface area contributed by atoms with Gasteiger partial charge in [-0.2, -0.15) is 0 Å². The van der Waals surface area contributed by atoms with Crippen molar-refractivity contribution in [3.05, 3.63) is 0 Å². The maximum Gasteiger partial charge on any atom is 0.0224 e. The van der Waals surface area contributed by atoms with E-state index in [1.54, 1.807) is 0 Å². The van der Waals surface area contributed by atoms with Crippen LogP contribution in [0.5, 0.6) is 0 Å². The molecule has 0 aromatic heterocycles. The number of rotatable bonds is 3. The van der Waals surface area contributed by atoms with E-state index in [4.69, 9.17) is 0 Å². The van der Waals surface area contributed by atoms with Gasteiger partial charge in [0.15, 0.2) is 0 Å². The van der Waals surface area contributed by atoms with Crippen molar-refractivity contribution in [1.29, 1.82) is 0 Å². The maximum absolute atomic E-state index is 3.80. The van der Waals surface area contributed by atoms with E-state index in [0.717, 1.165) is 23.8 Å². The summed E-state index contributed by atoms with van der Waals surface area (Å²) in [6.45, 7) is 7.72. The lowest BCUT2D eigenvalue weighted by atomic mass is 9.84. The van der Waals surface area contributed by atoms with Gasteiger partial charge in [-0.1, -0.05) is 6.92 Å². The third kappa shape index (κ3) is 1.70. The van der Waals surface area contributed by atoms with E-state index in [-0.39, 0.29) is 0 Å². The van der Waals surface area contributed by atoms with Crippen LogP contribution in [-0.2, 0) is 0 Å². The summed E-state index contributed by atoms with van der Waals surface area (Å²) in [7, 11) is 0. The van der Waals surface area contributed by atoms with Crippen molar-refractivity contribution in [3.8, 4) is 0 Å². The van der Waals surface area contributed by atoms with Crippen LogP contribution in [0.15, 0.2) is 0 Å². The van der Waals surface area contributed by atoms with Gasteiger partial charge in [-0.15, -0.1) is 0 Å². The Bertz CT molecular complexity index is 208. The molecule has 0 amide bonds. The third-order valence-corrected chi connectivity index (χ3v) is 4.57. The number of nitrogens with one attached hydrogen (secondary N) is 1. The molecule has 2 heteroatoms. The van der Waals surface area contributed by atoms with E-state index >= 15 is 0 Å². The molecule has 4 rings (SSSR count). The normalized spacial score (nSPS) is 50.8. The van der Waals surface area contributed by atoms with Crippen LogP contribution >= 0.6 is 0 Å². The first-order valence-electron chi connectivity index (χ1n) is 6.28. The van der Waals surface area contributed by atoms with Crippen molar-refractivity contribution < 1.29 is 0 Å². The summed E-state index contributed by atoms with van der Waals surface area (Å²) < 4.78 is 0. The first-order chi connectivity index (χ1) is 6.83. The van der Waals surface area contributed by atoms with Crippen molar-refractivity contribution in [2.45, 2.75) is 32.2 Å². The summed E-state index contributed by atoms with van der Waals surface area (Å²) in [4.78, 5) is 2.63. The van der Waals surface area contributed by atoms with E-state index in [1.807, 2.05) is 0 Å². The highest BCUT2D eigenvalue weighted by atomic mass is 15.2. The molecule has 3 unspecified atom stereocenters. The topological polar surface area (TPSA) is 15.3 Å². The fraction of sp³-hybridized carbons (Fsp3) is 1.00. The SMILES string of the molecule is CC1CC1CNC1CN2CCC1CC2. The minimum Gasteiger partial charge on any atom is -0.312 e. The fourth-order valence-electron chi connectivity index (χ4n) is 3.18. The van der Waals surface area contributed by atoms with Gasteiger partial charge in [-0.05, 0) is 56.7 Å². The first-order valence-corrected chi connectivity index (χ1v) is 6.28. The van der Waals surface area contributed by atoms with Crippen LogP contribution in [-0.4, -0.2) is 37.1 Å². The van der Waals surface area contributed by atoms with Gasteiger partial charge in [0.25, 0.3) is 0 Å². The van der Waals surface area contributed by atoms with Crippen LogP contribution in [0.1, 0.15) is 26.2 Å². The zero-order valence-corrected chi connectivity index (χ0v) is 9.21. The van der Waals surface area contributed by atoms with E-state index in [9.17, 15) is 0 Å². The largest absolute Gasteiger partial charge is 0.312 e. The van der Waals surface area contributed by atoms with Crippen LogP contribution in [0.25, 0.3) is 0 Å². The second kappa shape index (κ2) is 3.49. The minimum absolute atomic E-state index is 0.824. The Morgan fingerprint density at radius 1 is 1.29 bits per heavy atom. The molecule has 80 valence electrons. The van der Waals surface area contributed by atoms with E-state index < -0.39 is 0 Å². The maximum atomic E-state index is 3.80. The lowest BCUT2D eigenvalue weighted by Gasteiger charge is -2.45. The van der Waals surface area contributed by atoms with Crippen molar-refractivity contribution in [2.24, 2.45) is 17.8 Å². The standard InChI is InChI=1S/C12H22N2/c1-9-6-11(9)7-13-12-8-14-4-2-10(12)3-5-14/h9-13H,2-8H2,1H3. The van der Waals surface area contributed by atoms with Crippen LogP contribution in [0.2, 0.25) is 0 Å². The molecule has 1 N–H and O–H groups in total. The third-order valence-electron chi connectivity index (χ3n) is 4.57. The highest BCUT2D eigenvalue weighted by Gasteiger charge is 2.36. The number of nitrogens with zero attached hydrogens (tertiary/aromatic N) is 1. The first kappa shape index (κ1) is 9.17. The summed E-state index contributed by atoms with van der Waals surface area (Å²) in [5.41, 5.74) is 0. The minimum atomic E-state index is 0.824. The van der Waals surface area contributed by atoms with Crippen molar-refractivity contribution >= 4 is 0 Å². The van der Waals surface area contributed by atoms with Gasteiger partial charge in [0, 0.05) is 12.6 Å². The van der Waals surface area contributed by atoms with E-state index in [0.29, 0.717) is 0 Å². The molecular weight excluding hydrogens is 172 g/mol. The Balaban J connectivity index is 1.48. The van der Waals surface area contributed by atoms with Crippen LogP contribution in [0.4, 0.5) is 0 Å². The van der Waals surface area contributed by atoms with Gasteiger partial charge in [-0.25, -0.2) is 0 Å². The van der Waals surface area contributed by atoms with Gasteiger partial charge in [0.05, 0.1) is 0 Å². The summed E-state index contributed by atoms with van der Waals surface area (Å²) in [6, 6.07) is 0.824. The predicted octanol–water partition coefficient (Wildman–Crippen LogP) is 1.33. The summed E-state index contributed by atoms with van der Waals surface area (Å²) in [5, 5.41) is 3.80. The molecule has 14 heavy (non-hydrogen) atoms. The fourth-order valence-corrected chi connectivity index (χ4v) is 3.18. The molecule has 0 aromatic carbocycles. The average Bonchev–Trinajstić information content (AvgIpc) is 2.94. The van der Waals surface area contributed by atoms with Crippen molar-refractivity contribution in [2.75, 3.05) is 26.2 Å². The molecule has 1 saturated carbocycles. The Kier molecular flexibility index (Phi) is 2.29. The predicted molar refractivity (Wildman–Crippen MR) is 58.2 cm³/mol. The number of hydrogen-bond acceptors (Lipinski definition) is 2. The molecule has 2 bridgehead atoms. The molecule has 4 aliphatic rings. The summed E-state index contributed by atoms with van der Waals surface area (Å²) in [6.07, 6.45) is 4.35. The highest BCUT2D eigenvalue weighted by molar-refractivity contribution is 4.93. The Hall–Kier alpha value is -0.0800. The molecule has 0 spiro atoms. The molecule has 0 radical (unpaired) electrons. The number of fused-ring (bicyclic) bond motifs is 3. The van der Waals surface area contributed by atoms with Gasteiger partial charge in [0.2, 0.25) is 0 Å². The van der Waals surface area contributed by atoms with Crippen LogP contribution in [0.3, 0.4) is 0 Å². The quantitative estimate of drug-likeness (QED) is 0.729. The lowest BCUT2D eigenvalue weighted by Crippen LogP contribution is -2.56. The zero-order valence-electron chi connectivity index (χ0n) is 9.21. The molecule has 3 saturated heterocycles. The molecule has 3 heterocycles. The Labute approximate surface area is 87.0 Å². The monoisotopic (exact) mass is 194 g/mol. The smallest absolute Gasteiger partial charge is 0.0224 e. The number of piperidine rings is 3. The molecule has 3 aliphatic heterocycles. The molecular formula is C12H22N2. The molecule has 3 atom stereocenters. The van der Waals surface area contributed by atoms with Gasteiger partial charge < -0.3 is 10.2 Å². The van der Waals surface area contributed by atoms with Crippen molar-refractivity contribution in [3.63, 3.8) is 0 Å². The molecule has 0 aromatic rings. The highest BCUT2D eigenvalue weighted by Crippen LogP contribution is 2.37. The second-order valence-electron chi connectivity index (χ2n) is 5.63. The average molecular weight is 194 g/mol. The van der Waals surface area contributed by atoms with Crippen LogP contribution < -0.4 is 5.32 Å². The molecule has 4 fully saturated rings.